The summed E-state index contributed by atoms with van der Waals surface area (Å²) in [7, 11) is -3.90. The van der Waals surface area contributed by atoms with E-state index in [-0.39, 0.29) is 40.2 Å². The van der Waals surface area contributed by atoms with Gasteiger partial charge in [-0.2, -0.15) is 0 Å². The molecular weight excluding hydrogens is 493 g/mol. The molecule has 0 N–H and O–H groups in total. The Labute approximate surface area is 230 Å². The summed E-state index contributed by atoms with van der Waals surface area (Å²) < 4.78 is 28.0. The first-order valence-electron chi connectivity index (χ1n) is 14.6. The average Bonchev–Trinajstić information content (AvgIpc) is 2.77. The standard InChI is InChI=1S/C31H56O4Si2/c1-23-27(34-36(9,10)29(3,4)5)20-21-32-31(23)24(2)28(35-37(11,12)30(6,7)8)22-26(33-31)19-18-25-16-14-13-15-17-25/h13-17,23-24,26-28H,18-22H2,1-12H3/t23-,24+,26-,27+,28+,31+/m0/s1. The van der Waals surface area contributed by atoms with E-state index in [1.54, 1.807) is 0 Å². The van der Waals surface area contributed by atoms with Gasteiger partial charge in [0, 0.05) is 11.8 Å². The van der Waals surface area contributed by atoms with Gasteiger partial charge in [0.25, 0.3) is 0 Å². The summed E-state index contributed by atoms with van der Waals surface area (Å²) in [6.45, 7) is 28.7. The Kier molecular flexibility index (Phi) is 9.37. The van der Waals surface area contributed by atoms with Crippen molar-refractivity contribution in [1.82, 2.24) is 0 Å². The van der Waals surface area contributed by atoms with Crippen LogP contribution in [0.5, 0.6) is 0 Å². The van der Waals surface area contributed by atoms with E-state index >= 15 is 0 Å². The van der Waals surface area contributed by atoms with E-state index in [1.807, 2.05) is 0 Å². The molecule has 0 radical (unpaired) electrons. The molecule has 0 aliphatic carbocycles. The van der Waals surface area contributed by atoms with Crippen molar-refractivity contribution in [3.05, 3.63) is 35.9 Å². The molecule has 37 heavy (non-hydrogen) atoms. The smallest absolute Gasteiger partial charge is 0.192 e. The van der Waals surface area contributed by atoms with Crippen LogP contribution in [0, 0.1) is 11.8 Å². The first-order valence-corrected chi connectivity index (χ1v) is 20.4. The average molecular weight is 549 g/mol. The van der Waals surface area contributed by atoms with Crippen LogP contribution in [0.3, 0.4) is 0 Å². The molecule has 1 spiro atoms. The van der Waals surface area contributed by atoms with Gasteiger partial charge in [0.05, 0.1) is 24.9 Å². The number of aryl methyl sites for hydroxylation is 1. The van der Waals surface area contributed by atoms with Crippen LogP contribution in [0.25, 0.3) is 0 Å². The third-order valence-electron chi connectivity index (χ3n) is 10.1. The fourth-order valence-corrected chi connectivity index (χ4v) is 8.21. The summed E-state index contributed by atoms with van der Waals surface area (Å²) in [5.41, 5.74) is 1.36. The molecule has 2 saturated heterocycles. The van der Waals surface area contributed by atoms with Crippen molar-refractivity contribution in [2.45, 2.75) is 141 Å². The Morgan fingerprint density at radius 1 is 0.838 bits per heavy atom. The lowest BCUT2D eigenvalue weighted by molar-refractivity contribution is -0.366. The van der Waals surface area contributed by atoms with Gasteiger partial charge in [-0.15, -0.1) is 0 Å². The Morgan fingerprint density at radius 2 is 1.35 bits per heavy atom. The Hall–Kier alpha value is -0.506. The highest BCUT2D eigenvalue weighted by Gasteiger charge is 2.58. The van der Waals surface area contributed by atoms with Gasteiger partial charge in [0.2, 0.25) is 0 Å². The molecule has 1 aromatic rings. The molecule has 0 aromatic heterocycles. The summed E-state index contributed by atoms with van der Waals surface area (Å²) in [5, 5.41) is 0.328. The number of hydrogen-bond acceptors (Lipinski definition) is 4. The Morgan fingerprint density at radius 3 is 1.89 bits per heavy atom. The lowest BCUT2D eigenvalue weighted by Crippen LogP contribution is -2.65. The maximum Gasteiger partial charge on any atom is 0.192 e. The predicted molar refractivity (Wildman–Crippen MR) is 160 cm³/mol. The molecule has 4 nitrogen and oxygen atoms in total. The van der Waals surface area contributed by atoms with Crippen molar-refractivity contribution in [3.63, 3.8) is 0 Å². The number of rotatable bonds is 7. The van der Waals surface area contributed by atoms with Crippen molar-refractivity contribution in [2.75, 3.05) is 6.61 Å². The van der Waals surface area contributed by atoms with Gasteiger partial charge in [-0.05, 0) is 67.5 Å². The summed E-state index contributed by atoms with van der Waals surface area (Å²) >= 11 is 0. The van der Waals surface area contributed by atoms with Crippen LogP contribution < -0.4 is 0 Å². The second-order valence-electron chi connectivity index (χ2n) is 14.8. The minimum Gasteiger partial charge on any atom is -0.413 e. The molecule has 0 saturated carbocycles. The molecular formula is C31H56O4Si2. The molecule has 212 valence electrons. The highest BCUT2D eigenvalue weighted by molar-refractivity contribution is 6.74. The highest BCUT2D eigenvalue weighted by Crippen LogP contribution is 2.50. The second-order valence-corrected chi connectivity index (χ2v) is 24.3. The minimum absolute atomic E-state index is 0.0974. The lowest BCUT2D eigenvalue weighted by Gasteiger charge is -2.57. The number of hydrogen-bond donors (Lipinski definition) is 0. The zero-order valence-electron chi connectivity index (χ0n) is 25.9. The van der Waals surface area contributed by atoms with E-state index in [1.165, 1.54) is 5.56 Å². The minimum atomic E-state index is -1.97. The monoisotopic (exact) mass is 548 g/mol. The van der Waals surface area contributed by atoms with E-state index in [0.717, 1.165) is 25.7 Å². The molecule has 2 aliphatic heterocycles. The summed E-state index contributed by atoms with van der Waals surface area (Å²) in [5.74, 6) is -0.413. The maximum absolute atomic E-state index is 7.15. The topological polar surface area (TPSA) is 36.9 Å². The van der Waals surface area contributed by atoms with E-state index in [2.05, 4.69) is 112 Å². The van der Waals surface area contributed by atoms with Crippen molar-refractivity contribution >= 4 is 16.6 Å². The van der Waals surface area contributed by atoms with Gasteiger partial charge in [-0.1, -0.05) is 85.7 Å². The van der Waals surface area contributed by atoms with Crippen LogP contribution in [0.15, 0.2) is 30.3 Å². The Bertz CT molecular complexity index is 867. The van der Waals surface area contributed by atoms with Crippen LogP contribution in [0.2, 0.25) is 36.3 Å². The number of ether oxygens (including phenoxy) is 2. The molecule has 0 unspecified atom stereocenters. The Balaban J connectivity index is 1.90. The van der Waals surface area contributed by atoms with Crippen LogP contribution >= 0.6 is 0 Å². The van der Waals surface area contributed by atoms with E-state index < -0.39 is 22.4 Å². The summed E-state index contributed by atoms with van der Waals surface area (Å²) in [6, 6.07) is 10.8. The molecule has 1 aromatic carbocycles. The molecule has 6 atom stereocenters. The summed E-state index contributed by atoms with van der Waals surface area (Å²) in [6.07, 6.45) is 4.17. The third-order valence-corrected chi connectivity index (χ3v) is 19.1. The van der Waals surface area contributed by atoms with E-state index in [9.17, 15) is 0 Å². The molecule has 0 amide bonds. The van der Waals surface area contributed by atoms with Gasteiger partial charge in [-0.25, -0.2) is 0 Å². The molecule has 2 aliphatic rings. The normalized spacial score (nSPS) is 32.1. The first kappa shape index (κ1) is 31.0. The first-order chi connectivity index (χ1) is 16.9. The van der Waals surface area contributed by atoms with Gasteiger partial charge in [0.1, 0.15) is 0 Å². The molecule has 2 heterocycles. The van der Waals surface area contributed by atoms with Gasteiger partial charge in [0.15, 0.2) is 22.4 Å². The van der Waals surface area contributed by atoms with Crippen LogP contribution in [0.1, 0.15) is 80.2 Å². The van der Waals surface area contributed by atoms with Crippen LogP contribution in [-0.4, -0.2) is 47.3 Å². The predicted octanol–water partition coefficient (Wildman–Crippen LogP) is 8.58. The van der Waals surface area contributed by atoms with Gasteiger partial charge < -0.3 is 18.3 Å². The van der Waals surface area contributed by atoms with Crippen molar-refractivity contribution < 1.29 is 18.3 Å². The van der Waals surface area contributed by atoms with Crippen molar-refractivity contribution in [3.8, 4) is 0 Å². The fraction of sp³-hybridized carbons (Fsp3) is 0.806. The van der Waals surface area contributed by atoms with Crippen molar-refractivity contribution in [1.29, 1.82) is 0 Å². The second kappa shape index (κ2) is 11.2. The zero-order chi connectivity index (χ0) is 27.9. The quantitative estimate of drug-likeness (QED) is 0.320. The molecule has 6 heteroatoms. The highest BCUT2D eigenvalue weighted by atomic mass is 28.4. The molecule has 2 fully saturated rings. The summed E-state index contributed by atoms with van der Waals surface area (Å²) in [4.78, 5) is 0. The van der Waals surface area contributed by atoms with Gasteiger partial charge in [-0.3, -0.25) is 0 Å². The SMILES string of the molecule is C[C@@H]1[C@H](O[Si](C)(C)C(C)(C)C)C[C@H](CCc2ccccc2)O[C@@]12OCC[C@@H](O[Si](C)(C)C(C)(C)C)[C@@H]2C. The van der Waals surface area contributed by atoms with Gasteiger partial charge >= 0.3 is 0 Å². The lowest BCUT2D eigenvalue weighted by atomic mass is 9.76. The van der Waals surface area contributed by atoms with E-state index in [4.69, 9.17) is 18.3 Å². The van der Waals surface area contributed by atoms with Crippen LogP contribution in [0.4, 0.5) is 0 Å². The third kappa shape index (κ3) is 6.80. The number of benzene rings is 1. The van der Waals surface area contributed by atoms with E-state index in [0.29, 0.717) is 6.61 Å². The maximum atomic E-state index is 7.15. The molecule has 3 rings (SSSR count). The van der Waals surface area contributed by atoms with Crippen LogP contribution in [-0.2, 0) is 24.7 Å². The van der Waals surface area contributed by atoms with Crippen molar-refractivity contribution in [2.24, 2.45) is 11.8 Å². The zero-order valence-corrected chi connectivity index (χ0v) is 27.9. The fourth-order valence-electron chi connectivity index (χ4n) is 5.37. The largest absolute Gasteiger partial charge is 0.413 e. The molecule has 0 bridgehead atoms.